The first-order chi connectivity index (χ1) is 9.61. The van der Waals surface area contributed by atoms with Crippen LogP contribution in [0.25, 0.3) is 0 Å². The van der Waals surface area contributed by atoms with Crippen LogP contribution in [0.2, 0.25) is 0 Å². The second-order valence-electron chi connectivity index (χ2n) is 5.27. The van der Waals surface area contributed by atoms with Gasteiger partial charge in [-0.3, -0.25) is 9.78 Å². The molecule has 3 rings (SSSR count). The van der Waals surface area contributed by atoms with Gasteiger partial charge >= 0.3 is 0 Å². The third kappa shape index (κ3) is 2.25. The number of hydrogen-bond acceptors (Lipinski definition) is 3. The van der Waals surface area contributed by atoms with Gasteiger partial charge in [-0.25, -0.2) is 0 Å². The van der Waals surface area contributed by atoms with E-state index in [1.54, 1.807) is 18.3 Å². The lowest BCUT2D eigenvalue weighted by Gasteiger charge is -2.17. The molecular formula is C16H16N2O2. The number of phenols is 1. The topological polar surface area (TPSA) is 62.2 Å². The van der Waals surface area contributed by atoms with Gasteiger partial charge in [0.1, 0.15) is 5.75 Å². The van der Waals surface area contributed by atoms with E-state index >= 15 is 0 Å². The molecule has 20 heavy (non-hydrogen) atoms. The Balaban J connectivity index is 1.83. The highest BCUT2D eigenvalue weighted by Crippen LogP contribution is 2.44. The van der Waals surface area contributed by atoms with Crippen LogP contribution in [0.5, 0.6) is 5.75 Å². The van der Waals surface area contributed by atoms with Gasteiger partial charge in [-0.2, -0.15) is 0 Å². The third-order valence-electron chi connectivity index (χ3n) is 3.66. The molecule has 0 unspecified atom stereocenters. The van der Waals surface area contributed by atoms with Gasteiger partial charge in [0.15, 0.2) is 0 Å². The van der Waals surface area contributed by atoms with Crippen LogP contribution in [0.4, 0.5) is 0 Å². The van der Waals surface area contributed by atoms with Crippen molar-refractivity contribution >= 4 is 5.91 Å². The van der Waals surface area contributed by atoms with Crippen molar-refractivity contribution in [3.8, 4) is 5.75 Å². The Morgan fingerprint density at radius 1 is 1.30 bits per heavy atom. The highest BCUT2D eigenvalue weighted by atomic mass is 16.3. The molecule has 1 saturated carbocycles. The van der Waals surface area contributed by atoms with E-state index in [-0.39, 0.29) is 17.2 Å². The number of pyridine rings is 1. The third-order valence-corrected chi connectivity index (χ3v) is 3.66. The fraction of sp³-hybridized carbons (Fsp3) is 0.250. The molecule has 0 spiro atoms. The summed E-state index contributed by atoms with van der Waals surface area (Å²) < 4.78 is 0. The largest absolute Gasteiger partial charge is 0.507 e. The Bertz CT molecular complexity index is 649. The van der Waals surface area contributed by atoms with Crippen LogP contribution in [-0.4, -0.2) is 16.0 Å². The van der Waals surface area contributed by atoms with Crippen molar-refractivity contribution in [2.24, 2.45) is 0 Å². The number of amides is 1. The highest BCUT2D eigenvalue weighted by Gasteiger charge is 2.47. The van der Waals surface area contributed by atoms with E-state index < -0.39 is 0 Å². The molecule has 1 heterocycles. The number of rotatable bonds is 3. The molecule has 102 valence electrons. The summed E-state index contributed by atoms with van der Waals surface area (Å²) in [6, 6.07) is 10.7. The SMILES string of the molecule is Cc1ccc(C(=O)NC2(c3ccccn3)CC2)c(O)c1. The summed E-state index contributed by atoms with van der Waals surface area (Å²) in [4.78, 5) is 16.6. The van der Waals surface area contributed by atoms with Gasteiger partial charge in [0.25, 0.3) is 5.91 Å². The van der Waals surface area contributed by atoms with Crippen molar-refractivity contribution in [1.29, 1.82) is 0 Å². The van der Waals surface area contributed by atoms with E-state index in [1.807, 2.05) is 31.2 Å². The zero-order valence-electron chi connectivity index (χ0n) is 11.3. The van der Waals surface area contributed by atoms with Crippen LogP contribution >= 0.6 is 0 Å². The molecule has 0 atom stereocenters. The van der Waals surface area contributed by atoms with Gasteiger partial charge in [-0.05, 0) is 49.6 Å². The quantitative estimate of drug-likeness (QED) is 0.899. The van der Waals surface area contributed by atoms with E-state index in [1.165, 1.54) is 0 Å². The Labute approximate surface area is 117 Å². The van der Waals surface area contributed by atoms with Gasteiger partial charge in [-0.15, -0.1) is 0 Å². The fourth-order valence-electron chi connectivity index (χ4n) is 2.33. The molecule has 2 N–H and O–H groups in total. The van der Waals surface area contributed by atoms with Crippen molar-refractivity contribution in [1.82, 2.24) is 10.3 Å². The molecule has 0 bridgehead atoms. The van der Waals surface area contributed by atoms with Crippen LogP contribution < -0.4 is 5.32 Å². The normalized spacial score (nSPS) is 15.7. The molecule has 0 radical (unpaired) electrons. The molecule has 4 heteroatoms. The molecule has 1 aromatic heterocycles. The summed E-state index contributed by atoms with van der Waals surface area (Å²) in [6.45, 7) is 1.87. The van der Waals surface area contributed by atoms with Crippen LogP contribution in [0.1, 0.15) is 34.5 Å². The summed E-state index contributed by atoms with van der Waals surface area (Å²) in [5, 5.41) is 12.9. The standard InChI is InChI=1S/C16H16N2O2/c1-11-5-6-12(13(19)10-11)15(20)18-16(7-8-16)14-4-2-3-9-17-14/h2-6,9-10,19H,7-8H2,1H3,(H,18,20). The first kappa shape index (κ1) is 12.7. The van der Waals surface area contributed by atoms with Crippen molar-refractivity contribution in [3.05, 3.63) is 59.4 Å². The number of hydrogen-bond donors (Lipinski definition) is 2. The Kier molecular flexibility index (Phi) is 2.93. The zero-order chi connectivity index (χ0) is 14.2. The molecular weight excluding hydrogens is 252 g/mol. The minimum Gasteiger partial charge on any atom is -0.507 e. The number of benzene rings is 1. The molecule has 4 nitrogen and oxygen atoms in total. The van der Waals surface area contributed by atoms with Crippen LogP contribution in [-0.2, 0) is 5.54 Å². The van der Waals surface area contributed by atoms with Gasteiger partial charge in [0.05, 0.1) is 16.8 Å². The molecule has 0 aliphatic heterocycles. The van der Waals surface area contributed by atoms with E-state index in [4.69, 9.17) is 0 Å². The predicted molar refractivity (Wildman–Crippen MR) is 75.5 cm³/mol. The van der Waals surface area contributed by atoms with E-state index in [2.05, 4.69) is 10.3 Å². The molecule has 1 aromatic carbocycles. The van der Waals surface area contributed by atoms with Crippen molar-refractivity contribution in [2.75, 3.05) is 0 Å². The average molecular weight is 268 g/mol. The summed E-state index contributed by atoms with van der Waals surface area (Å²) in [5.41, 5.74) is 1.73. The lowest BCUT2D eigenvalue weighted by molar-refractivity contribution is 0.0927. The van der Waals surface area contributed by atoms with Gasteiger partial charge < -0.3 is 10.4 Å². The number of phenolic OH excluding ortho intramolecular Hbond substituents is 1. The van der Waals surface area contributed by atoms with E-state index in [0.717, 1.165) is 24.1 Å². The zero-order valence-corrected chi connectivity index (χ0v) is 11.3. The smallest absolute Gasteiger partial charge is 0.255 e. The summed E-state index contributed by atoms with van der Waals surface area (Å²) in [5.74, 6) is -0.245. The molecule has 1 aliphatic carbocycles. The number of aromatic hydroxyl groups is 1. The number of nitrogens with one attached hydrogen (secondary N) is 1. The maximum atomic E-state index is 12.3. The number of carbonyl (C=O) groups is 1. The molecule has 1 aliphatic rings. The minimum absolute atomic E-state index is 0.0133. The van der Waals surface area contributed by atoms with Gasteiger partial charge in [-0.1, -0.05) is 12.1 Å². The molecule has 1 amide bonds. The number of nitrogens with zero attached hydrogens (tertiary/aromatic N) is 1. The second-order valence-corrected chi connectivity index (χ2v) is 5.27. The van der Waals surface area contributed by atoms with E-state index in [9.17, 15) is 9.90 Å². The lowest BCUT2D eigenvalue weighted by Crippen LogP contribution is -2.35. The van der Waals surface area contributed by atoms with Gasteiger partial charge in [0.2, 0.25) is 0 Å². The minimum atomic E-state index is -0.365. The number of aryl methyl sites for hydroxylation is 1. The van der Waals surface area contributed by atoms with Crippen LogP contribution in [0.15, 0.2) is 42.6 Å². The first-order valence-electron chi connectivity index (χ1n) is 6.64. The predicted octanol–water partition coefficient (Wildman–Crippen LogP) is 2.51. The second kappa shape index (κ2) is 4.63. The fourth-order valence-corrected chi connectivity index (χ4v) is 2.33. The van der Waals surface area contributed by atoms with Gasteiger partial charge in [0, 0.05) is 6.20 Å². The number of aromatic nitrogens is 1. The Morgan fingerprint density at radius 3 is 2.70 bits per heavy atom. The van der Waals surface area contributed by atoms with Crippen molar-refractivity contribution in [2.45, 2.75) is 25.3 Å². The Morgan fingerprint density at radius 2 is 2.10 bits per heavy atom. The summed E-state index contributed by atoms with van der Waals surface area (Å²) >= 11 is 0. The molecule has 0 saturated heterocycles. The van der Waals surface area contributed by atoms with Crippen molar-refractivity contribution in [3.63, 3.8) is 0 Å². The highest BCUT2D eigenvalue weighted by molar-refractivity contribution is 5.97. The number of carbonyl (C=O) groups excluding carboxylic acids is 1. The summed E-state index contributed by atoms with van der Waals surface area (Å²) in [6.07, 6.45) is 3.48. The van der Waals surface area contributed by atoms with Crippen LogP contribution in [0.3, 0.4) is 0 Å². The van der Waals surface area contributed by atoms with Crippen molar-refractivity contribution < 1.29 is 9.90 Å². The molecule has 1 fully saturated rings. The first-order valence-corrected chi connectivity index (χ1v) is 6.64. The maximum Gasteiger partial charge on any atom is 0.255 e. The lowest BCUT2D eigenvalue weighted by atomic mass is 10.1. The molecule has 2 aromatic rings. The monoisotopic (exact) mass is 268 g/mol. The maximum absolute atomic E-state index is 12.3. The Hall–Kier alpha value is -2.36. The summed E-state index contributed by atoms with van der Waals surface area (Å²) in [7, 11) is 0. The average Bonchev–Trinajstić information content (AvgIpc) is 3.20. The van der Waals surface area contributed by atoms with E-state index in [0.29, 0.717) is 5.56 Å². The van der Waals surface area contributed by atoms with Crippen LogP contribution in [0, 0.1) is 6.92 Å².